The zero-order chi connectivity index (χ0) is 13.8. The molecule has 0 atom stereocenters. The zero-order valence-corrected chi connectivity index (χ0v) is 10.4. The van der Waals surface area contributed by atoms with Gasteiger partial charge in [0.25, 0.3) is 0 Å². The molecule has 1 N–H and O–H groups in total. The van der Waals surface area contributed by atoms with E-state index in [1.807, 2.05) is 0 Å². The largest absolute Gasteiger partial charge is 0.381 e. The van der Waals surface area contributed by atoms with E-state index in [0.717, 1.165) is 5.56 Å². The lowest BCUT2D eigenvalue weighted by Crippen LogP contribution is -2.03. The Kier molecular flexibility index (Phi) is 3.32. The van der Waals surface area contributed by atoms with Crippen molar-refractivity contribution in [3.63, 3.8) is 0 Å². The van der Waals surface area contributed by atoms with Crippen molar-refractivity contribution in [2.45, 2.75) is 6.54 Å². The number of benzene rings is 1. The van der Waals surface area contributed by atoms with Crippen molar-refractivity contribution in [3.8, 4) is 5.69 Å². The van der Waals surface area contributed by atoms with Crippen LogP contribution in [-0.2, 0) is 6.54 Å². The summed E-state index contributed by atoms with van der Waals surface area (Å²) in [5.74, 6) is -0.371. The number of aromatic nitrogens is 5. The first kappa shape index (κ1) is 12.2. The topological polar surface area (TPSA) is 68.5 Å². The highest BCUT2D eigenvalue weighted by atomic mass is 19.1. The number of nitrogens with zero attached hydrogens (tertiary/aromatic N) is 5. The molecule has 0 fully saturated rings. The maximum atomic E-state index is 14.0. The summed E-state index contributed by atoms with van der Waals surface area (Å²) in [6.07, 6.45) is 7.70. The average molecular weight is 270 g/mol. The lowest BCUT2D eigenvalue weighted by Gasteiger charge is -2.08. The van der Waals surface area contributed by atoms with Gasteiger partial charge in [-0.2, -0.15) is 5.10 Å². The van der Waals surface area contributed by atoms with Crippen LogP contribution in [0.3, 0.4) is 0 Å². The number of rotatable bonds is 4. The summed E-state index contributed by atoms with van der Waals surface area (Å²) in [4.78, 5) is 11.6. The minimum atomic E-state index is -0.371. The summed E-state index contributed by atoms with van der Waals surface area (Å²) < 4.78 is 15.4. The summed E-state index contributed by atoms with van der Waals surface area (Å²) in [7, 11) is 0. The standard InChI is InChI=1S/C13H11FN6/c14-12-3-11(18-6-10-4-15-7-16-5-10)1-2-13(12)20-9-17-8-19-20/h1-5,7-9,18H,6H2. The van der Waals surface area contributed by atoms with Crippen LogP contribution < -0.4 is 5.32 Å². The number of halogens is 1. The third kappa shape index (κ3) is 2.61. The van der Waals surface area contributed by atoms with Gasteiger partial charge in [-0.15, -0.1) is 0 Å². The molecule has 0 saturated carbocycles. The number of hydrogen-bond acceptors (Lipinski definition) is 5. The predicted molar refractivity (Wildman–Crippen MR) is 70.7 cm³/mol. The molecule has 6 nitrogen and oxygen atoms in total. The highest BCUT2D eigenvalue weighted by molar-refractivity contribution is 5.49. The Morgan fingerprint density at radius 2 is 1.95 bits per heavy atom. The fourth-order valence-corrected chi connectivity index (χ4v) is 1.76. The fourth-order valence-electron chi connectivity index (χ4n) is 1.76. The van der Waals surface area contributed by atoms with Crippen LogP contribution in [-0.4, -0.2) is 24.7 Å². The second-order valence-corrected chi connectivity index (χ2v) is 4.11. The number of anilines is 1. The van der Waals surface area contributed by atoms with Crippen molar-refractivity contribution in [2.24, 2.45) is 0 Å². The van der Waals surface area contributed by atoms with Crippen LogP contribution in [0.25, 0.3) is 5.69 Å². The maximum Gasteiger partial charge on any atom is 0.150 e. The third-order valence-corrected chi connectivity index (χ3v) is 2.72. The Morgan fingerprint density at radius 3 is 2.65 bits per heavy atom. The van der Waals surface area contributed by atoms with Crippen LogP contribution in [0.5, 0.6) is 0 Å². The van der Waals surface area contributed by atoms with Gasteiger partial charge in [0.15, 0.2) is 5.82 Å². The van der Waals surface area contributed by atoms with E-state index in [4.69, 9.17) is 0 Å². The Hall–Kier alpha value is -2.83. The molecule has 20 heavy (non-hydrogen) atoms. The van der Waals surface area contributed by atoms with Gasteiger partial charge in [0.1, 0.15) is 24.7 Å². The molecule has 0 amide bonds. The Morgan fingerprint density at radius 1 is 1.10 bits per heavy atom. The SMILES string of the molecule is Fc1cc(NCc2cncnc2)ccc1-n1cncn1. The van der Waals surface area contributed by atoms with Crippen LogP contribution in [0.1, 0.15) is 5.56 Å². The molecule has 2 aromatic heterocycles. The lowest BCUT2D eigenvalue weighted by atomic mass is 10.2. The van der Waals surface area contributed by atoms with Gasteiger partial charge in [-0.05, 0) is 18.2 Å². The van der Waals surface area contributed by atoms with Crippen molar-refractivity contribution in [3.05, 3.63) is 61.0 Å². The Labute approximate surface area is 114 Å². The van der Waals surface area contributed by atoms with E-state index in [2.05, 4.69) is 25.4 Å². The molecular formula is C13H11FN6. The third-order valence-electron chi connectivity index (χ3n) is 2.72. The molecule has 100 valence electrons. The highest BCUT2D eigenvalue weighted by Gasteiger charge is 2.06. The molecule has 0 saturated heterocycles. The van der Waals surface area contributed by atoms with Crippen molar-refractivity contribution < 1.29 is 4.39 Å². The van der Waals surface area contributed by atoms with E-state index in [1.165, 1.54) is 29.7 Å². The van der Waals surface area contributed by atoms with E-state index in [-0.39, 0.29) is 5.82 Å². The van der Waals surface area contributed by atoms with Crippen molar-refractivity contribution >= 4 is 5.69 Å². The van der Waals surface area contributed by atoms with E-state index >= 15 is 0 Å². The molecule has 1 aromatic carbocycles. The van der Waals surface area contributed by atoms with Gasteiger partial charge in [-0.1, -0.05) is 0 Å². The fraction of sp³-hybridized carbons (Fsp3) is 0.0769. The van der Waals surface area contributed by atoms with Gasteiger partial charge in [-0.25, -0.2) is 24.0 Å². The van der Waals surface area contributed by atoms with Crippen LogP contribution in [0.4, 0.5) is 10.1 Å². The summed E-state index contributed by atoms with van der Waals surface area (Å²) in [5, 5.41) is 7.01. The first-order valence-corrected chi connectivity index (χ1v) is 5.95. The van der Waals surface area contributed by atoms with Gasteiger partial charge in [0.05, 0.1) is 0 Å². The van der Waals surface area contributed by atoms with Crippen LogP contribution in [0, 0.1) is 5.82 Å². The van der Waals surface area contributed by atoms with Gasteiger partial charge in [0, 0.05) is 30.2 Å². The minimum absolute atomic E-state index is 0.357. The molecule has 0 aliphatic carbocycles. The number of nitrogens with one attached hydrogen (secondary N) is 1. The second-order valence-electron chi connectivity index (χ2n) is 4.11. The molecule has 0 spiro atoms. The maximum absolute atomic E-state index is 14.0. The molecule has 3 rings (SSSR count). The molecule has 2 heterocycles. The first-order chi connectivity index (χ1) is 9.83. The van der Waals surface area contributed by atoms with E-state index in [9.17, 15) is 4.39 Å². The summed E-state index contributed by atoms with van der Waals surface area (Å²) in [6, 6.07) is 4.85. The highest BCUT2D eigenvalue weighted by Crippen LogP contribution is 2.17. The predicted octanol–water partition coefficient (Wildman–Crippen LogP) is 1.81. The van der Waals surface area contributed by atoms with Crippen LogP contribution >= 0.6 is 0 Å². The van der Waals surface area contributed by atoms with E-state index in [1.54, 1.807) is 24.5 Å². The molecule has 0 aliphatic heterocycles. The lowest BCUT2D eigenvalue weighted by molar-refractivity contribution is 0.611. The molecular weight excluding hydrogens is 259 g/mol. The van der Waals surface area contributed by atoms with Gasteiger partial charge >= 0.3 is 0 Å². The van der Waals surface area contributed by atoms with E-state index in [0.29, 0.717) is 17.9 Å². The number of hydrogen-bond donors (Lipinski definition) is 1. The van der Waals surface area contributed by atoms with Gasteiger partial charge < -0.3 is 5.32 Å². The summed E-state index contributed by atoms with van der Waals surface area (Å²) >= 11 is 0. The van der Waals surface area contributed by atoms with Crippen molar-refractivity contribution in [1.82, 2.24) is 24.7 Å². The monoisotopic (exact) mass is 270 g/mol. The minimum Gasteiger partial charge on any atom is -0.381 e. The van der Waals surface area contributed by atoms with Crippen molar-refractivity contribution in [2.75, 3.05) is 5.32 Å². The molecule has 0 aliphatic rings. The normalized spacial score (nSPS) is 10.4. The summed E-state index contributed by atoms with van der Waals surface area (Å²) in [5.41, 5.74) is 1.96. The van der Waals surface area contributed by atoms with Gasteiger partial charge in [0.2, 0.25) is 0 Å². The van der Waals surface area contributed by atoms with Gasteiger partial charge in [-0.3, -0.25) is 0 Å². The van der Waals surface area contributed by atoms with Crippen LogP contribution in [0.15, 0.2) is 49.6 Å². The molecule has 0 unspecified atom stereocenters. The van der Waals surface area contributed by atoms with Crippen molar-refractivity contribution in [1.29, 1.82) is 0 Å². The average Bonchev–Trinajstić information content (AvgIpc) is 3.00. The zero-order valence-electron chi connectivity index (χ0n) is 10.4. The molecule has 0 bridgehead atoms. The van der Waals surface area contributed by atoms with E-state index < -0.39 is 0 Å². The molecule has 7 heteroatoms. The smallest absolute Gasteiger partial charge is 0.150 e. The summed E-state index contributed by atoms with van der Waals surface area (Å²) in [6.45, 7) is 0.531. The quantitative estimate of drug-likeness (QED) is 0.783. The second kappa shape index (κ2) is 5.43. The Bertz CT molecular complexity index is 683. The van der Waals surface area contributed by atoms with Crippen LogP contribution in [0.2, 0.25) is 0 Å². The first-order valence-electron chi connectivity index (χ1n) is 5.95. The molecule has 3 aromatic rings. The molecule has 0 radical (unpaired) electrons. The Balaban J connectivity index is 1.74.